The van der Waals surface area contributed by atoms with E-state index in [2.05, 4.69) is 20.7 Å². The van der Waals surface area contributed by atoms with Crippen molar-refractivity contribution >= 4 is 37.3 Å². The molecule has 0 saturated carbocycles. The Morgan fingerprint density at radius 1 is 1.20 bits per heavy atom. The lowest BCUT2D eigenvalue weighted by molar-refractivity contribution is 0.323. The molecule has 1 aromatic heterocycles. The van der Waals surface area contributed by atoms with E-state index in [1.165, 1.54) is 11.3 Å². The molecule has 0 spiro atoms. The van der Waals surface area contributed by atoms with Crippen LogP contribution in [0.1, 0.15) is 4.88 Å². The van der Waals surface area contributed by atoms with Gasteiger partial charge in [-0.15, -0.1) is 11.3 Å². The highest BCUT2D eigenvalue weighted by Gasteiger charge is 2.15. The lowest BCUT2D eigenvalue weighted by atomic mass is 10.3. The van der Waals surface area contributed by atoms with Crippen molar-refractivity contribution in [1.29, 1.82) is 0 Å². The summed E-state index contributed by atoms with van der Waals surface area (Å²) in [5, 5.41) is 0. The number of thiophene rings is 1. The first-order valence-electron chi connectivity index (χ1n) is 5.92. The second-order valence-electron chi connectivity index (χ2n) is 4.07. The highest BCUT2D eigenvalue weighted by atomic mass is 79.9. The van der Waals surface area contributed by atoms with Crippen LogP contribution in [-0.4, -0.2) is 21.6 Å². The Kier molecular flexibility index (Phi) is 5.20. The summed E-state index contributed by atoms with van der Waals surface area (Å²) in [4.78, 5) is 0.969. The summed E-state index contributed by atoms with van der Waals surface area (Å²) in [5.74, 6) is 0.708. The van der Waals surface area contributed by atoms with Gasteiger partial charge >= 0.3 is 0 Å². The SMILES string of the molecule is Cc1ccc(S(=O)(=O)NCCOc2ccc(Br)cc2)s1. The molecule has 0 atom stereocenters. The van der Waals surface area contributed by atoms with Gasteiger partial charge in [-0.3, -0.25) is 0 Å². The maximum Gasteiger partial charge on any atom is 0.250 e. The zero-order valence-electron chi connectivity index (χ0n) is 10.8. The van der Waals surface area contributed by atoms with Gasteiger partial charge in [-0.2, -0.15) is 0 Å². The second kappa shape index (κ2) is 6.71. The van der Waals surface area contributed by atoms with Crippen molar-refractivity contribution in [2.45, 2.75) is 11.1 Å². The molecule has 0 fully saturated rings. The van der Waals surface area contributed by atoms with Crippen LogP contribution in [0.15, 0.2) is 45.1 Å². The minimum Gasteiger partial charge on any atom is -0.492 e. The van der Waals surface area contributed by atoms with Gasteiger partial charge in [0.05, 0.1) is 0 Å². The largest absolute Gasteiger partial charge is 0.492 e. The molecule has 108 valence electrons. The fourth-order valence-corrected chi connectivity index (χ4v) is 4.11. The Bertz CT molecular complexity index is 665. The molecule has 0 aliphatic heterocycles. The molecule has 0 bridgehead atoms. The van der Waals surface area contributed by atoms with Gasteiger partial charge < -0.3 is 4.74 Å². The molecule has 1 N–H and O–H groups in total. The summed E-state index contributed by atoms with van der Waals surface area (Å²) in [7, 11) is -3.42. The van der Waals surface area contributed by atoms with Crippen LogP contribution in [0, 0.1) is 6.92 Å². The minimum absolute atomic E-state index is 0.231. The Balaban J connectivity index is 1.82. The van der Waals surface area contributed by atoms with Crippen LogP contribution < -0.4 is 9.46 Å². The summed E-state index contributed by atoms with van der Waals surface area (Å²) >= 11 is 4.59. The predicted molar refractivity (Wildman–Crippen MR) is 83.9 cm³/mol. The zero-order chi connectivity index (χ0) is 14.6. The van der Waals surface area contributed by atoms with Crippen molar-refractivity contribution in [3.05, 3.63) is 45.7 Å². The molecule has 0 unspecified atom stereocenters. The van der Waals surface area contributed by atoms with Crippen molar-refractivity contribution in [3.8, 4) is 5.75 Å². The van der Waals surface area contributed by atoms with Crippen molar-refractivity contribution in [2.75, 3.05) is 13.2 Å². The third kappa shape index (κ3) is 4.31. The van der Waals surface area contributed by atoms with Crippen LogP contribution in [0.2, 0.25) is 0 Å². The molecule has 1 aromatic carbocycles. The fraction of sp³-hybridized carbons (Fsp3) is 0.231. The maximum absolute atomic E-state index is 11.9. The molecule has 2 aromatic rings. The monoisotopic (exact) mass is 375 g/mol. The number of ether oxygens (including phenoxy) is 1. The van der Waals surface area contributed by atoms with Crippen LogP contribution in [0.3, 0.4) is 0 Å². The van der Waals surface area contributed by atoms with E-state index in [1.54, 1.807) is 12.1 Å². The van der Waals surface area contributed by atoms with Gasteiger partial charge in [-0.05, 0) is 43.3 Å². The maximum atomic E-state index is 11.9. The lowest BCUT2D eigenvalue weighted by Crippen LogP contribution is -2.27. The van der Waals surface area contributed by atoms with Crippen molar-refractivity contribution < 1.29 is 13.2 Å². The Labute approximate surface area is 131 Å². The minimum atomic E-state index is -3.42. The fourth-order valence-electron chi connectivity index (χ4n) is 1.50. The molecule has 0 aliphatic carbocycles. The number of hydrogen-bond donors (Lipinski definition) is 1. The molecule has 20 heavy (non-hydrogen) atoms. The van der Waals surface area contributed by atoms with Gasteiger partial charge in [-0.1, -0.05) is 15.9 Å². The number of aryl methyl sites for hydroxylation is 1. The predicted octanol–water partition coefficient (Wildman–Crippen LogP) is 3.18. The zero-order valence-corrected chi connectivity index (χ0v) is 14.0. The smallest absolute Gasteiger partial charge is 0.250 e. The third-order valence-electron chi connectivity index (χ3n) is 2.46. The molecular formula is C13H14BrNO3S2. The number of rotatable bonds is 6. The van der Waals surface area contributed by atoms with E-state index in [9.17, 15) is 8.42 Å². The van der Waals surface area contributed by atoms with E-state index >= 15 is 0 Å². The Hall–Kier alpha value is -0.890. The summed E-state index contributed by atoms with van der Waals surface area (Å²) in [6, 6.07) is 10.8. The first-order chi connectivity index (χ1) is 9.47. The van der Waals surface area contributed by atoms with Gasteiger partial charge in [0.1, 0.15) is 16.6 Å². The summed E-state index contributed by atoms with van der Waals surface area (Å²) in [5.41, 5.74) is 0. The van der Waals surface area contributed by atoms with Crippen LogP contribution in [-0.2, 0) is 10.0 Å². The van der Waals surface area contributed by atoms with Crippen LogP contribution in [0.25, 0.3) is 0 Å². The van der Waals surface area contributed by atoms with Crippen LogP contribution in [0.4, 0.5) is 0 Å². The average Bonchev–Trinajstić information content (AvgIpc) is 2.84. The molecule has 0 amide bonds. The standard InChI is InChI=1S/C13H14BrNO3S2/c1-10-2-7-13(19-10)20(16,17)15-8-9-18-12-5-3-11(14)4-6-12/h2-7,15H,8-9H2,1H3. The second-order valence-corrected chi connectivity index (χ2v) is 8.26. The quantitative estimate of drug-likeness (QED) is 0.788. The summed E-state index contributed by atoms with van der Waals surface area (Å²) in [6.07, 6.45) is 0. The van der Waals surface area contributed by atoms with Gasteiger partial charge in [0.25, 0.3) is 0 Å². The molecule has 2 rings (SSSR count). The average molecular weight is 376 g/mol. The molecule has 0 saturated heterocycles. The molecule has 0 radical (unpaired) electrons. The van der Waals surface area contributed by atoms with Crippen molar-refractivity contribution in [1.82, 2.24) is 4.72 Å². The van der Waals surface area contributed by atoms with Gasteiger partial charge in [0.2, 0.25) is 10.0 Å². The van der Waals surface area contributed by atoms with Crippen LogP contribution >= 0.6 is 27.3 Å². The lowest BCUT2D eigenvalue weighted by Gasteiger charge is -2.07. The van der Waals surface area contributed by atoms with E-state index in [1.807, 2.05) is 31.2 Å². The van der Waals surface area contributed by atoms with E-state index in [4.69, 9.17) is 4.74 Å². The molecular weight excluding hydrogens is 362 g/mol. The molecule has 7 heteroatoms. The first-order valence-corrected chi connectivity index (χ1v) is 9.01. The number of hydrogen-bond acceptors (Lipinski definition) is 4. The topological polar surface area (TPSA) is 55.4 Å². The van der Waals surface area contributed by atoms with Crippen molar-refractivity contribution in [3.63, 3.8) is 0 Å². The van der Waals surface area contributed by atoms with Gasteiger partial charge in [0.15, 0.2) is 0 Å². The Morgan fingerprint density at radius 3 is 2.50 bits per heavy atom. The number of benzene rings is 1. The van der Waals surface area contributed by atoms with E-state index in [-0.39, 0.29) is 13.2 Å². The summed E-state index contributed by atoms with van der Waals surface area (Å²) < 4.78 is 33.2. The van der Waals surface area contributed by atoms with E-state index in [0.717, 1.165) is 9.35 Å². The van der Waals surface area contributed by atoms with E-state index in [0.29, 0.717) is 9.96 Å². The first kappa shape index (κ1) is 15.5. The summed E-state index contributed by atoms with van der Waals surface area (Å²) in [6.45, 7) is 2.39. The molecule has 4 nitrogen and oxygen atoms in total. The van der Waals surface area contributed by atoms with Gasteiger partial charge in [0, 0.05) is 15.9 Å². The van der Waals surface area contributed by atoms with Gasteiger partial charge in [-0.25, -0.2) is 13.1 Å². The normalized spacial score (nSPS) is 11.5. The van der Waals surface area contributed by atoms with E-state index < -0.39 is 10.0 Å². The Morgan fingerprint density at radius 2 is 1.90 bits per heavy atom. The van der Waals surface area contributed by atoms with Crippen LogP contribution in [0.5, 0.6) is 5.75 Å². The number of halogens is 1. The highest BCUT2D eigenvalue weighted by Crippen LogP contribution is 2.20. The van der Waals surface area contributed by atoms with Crippen molar-refractivity contribution in [2.24, 2.45) is 0 Å². The molecule has 1 heterocycles. The number of nitrogens with one attached hydrogen (secondary N) is 1. The highest BCUT2D eigenvalue weighted by molar-refractivity contribution is 9.10. The third-order valence-corrected chi connectivity index (χ3v) is 5.94. The molecule has 0 aliphatic rings. The number of sulfonamides is 1.